The van der Waals surface area contributed by atoms with Gasteiger partial charge in [0.25, 0.3) is 0 Å². The number of anilines is 1. The molecule has 3 aromatic heterocycles. The zero-order valence-electron chi connectivity index (χ0n) is 15.7. The van der Waals surface area contributed by atoms with Gasteiger partial charge in [-0.25, -0.2) is 13.8 Å². The maximum atomic E-state index is 14.9. The standard InChI is InChI=1S/C20H16ClF2N5O2/c1-8(29)15-18(23)17(21)16(11-5-24-27-19(11)15)9-2-3-14-25-13(7-28(14)6-9)26-20(30)10-4-12(10)22/h2-3,5-8,10,12,29H,4H2,1H3,(H,24,27)(H,26,30). The number of halogens is 3. The molecule has 0 radical (unpaired) electrons. The minimum Gasteiger partial charge on any atom is -0.389 e. The summed E-state index contributed by atoms with van der Waals surface area (Å²) in [6, 6.07) is 3.42. The molecule has 0 aliphatic heterocycles. The molecule has 3 atom stereocenters. The largest absolute Gasteiger partial charge is 0.389 e. The molecule has 7 nitrogen and oxygen atoms in total. The number of fused-ring (bicyclic) bond motifs is 2. The fourth-order valence-corrected chi connectivity index (χ4v) is 3.98. The van der Waals surface area contributed by atoms with E-state index in [1.165, 1.54) is 13.1 Å². The van der Waals surface area contributed by atoms with E-state index < -0.39 is 29.9 Å². The van der Waals surface area contributed by atoms with Crippen LogP contribution < -0.4 is 5.32 Å². The molecule has 0 saturated heterocycles. The molecule has 3 unspecified atom stereocenters. The van der Waals surface area contributed by atoms with Gasteiger partial charge < -0.3 is 14.8 Å². The van der Waals surface area contributed by atoms with E-state index in [1.54, 1.807) is 28.9 Å². The van der Waals surface area contributed by atoms with Crippen LogP contribution in [0.1, 0.15) is 25.0 Å². The van der Waals surface area contributed by atoms with E-state index in [0.717, 1.165) is 0 Å². The number of amides is 1. The highest BCUT2D eigenvalue weighted by atomic mass is 35.5. The molecule has 4 aromatic rings. The number of imidazole rings is 1. The Hall–Kier alpha value is -3.04. The summed E-state index contributed by atoms with van der Waals surface area (Å²) in [6.07, 6.45) is 2.88. The molecule has 154 valence electrons. The fraction of sp³-hybridized carbons (Fsp3) is 0.250. The van der Waals surface area contributed by atoms with Crippen LogP contribution in [0.15, 0.2) is 30.7 Å². The Bertz CT molecular complexity index is 1320. The molecule has 10 heteroatoms. The number of aromatic amines is 1. The third kappa shape index (κ3) is 2.93. The van der Waals surface area contributed by atoms with E-state index in [1.807, 2.05) is 0 Å². The summed E-state index contributed by atoms with van der Waals surface area (Å²) >= 11 is 6.35. The van der Waals surface area contributed by atoms with Gasteiger partial charge in [-0.05, 0) is 25.5 Å². The summed E-state index contributed by atoms with van der Waals surface area (Å²) in [5.74, 6) is -1.44. The van der Waals surface area contributed by atoms with E-state index in [-0.39, 0.29) is 17.0 Å². The predicted molar refractivity (Wildman–Crippen MR) is 108 cm³/mol. The van der Waals surface area contributed by atoms with Crippen LogP contribution >= 0.6 is 11.6 Å². The Morgan fingerprint density at radius 3 is 2.90 bits per heavy atom. The van der Waals surface area contributed by atoms with Gasteiger partial charge in [0.1, 0.15) is 17.6 Å². The van der Waals surface area contributed by atoms with Gasteiger partial charge in [-0.15, -0.1) is 0 Å². The average Bonchev–Trinajstić information content (AvgIpc) is 3.08. The summed E-state index contributed by atoms with van der Waals surface area (Å²) in [5, 5.41) is 19.7. The normalized spacial score (nSPS) is 19.4. The second kappa shape index (κ2) is 6.75. The number of nitrogens with one attached hydrogen (secondary N) is 2. The summed E-state index contributed by atoms with van der Waals surface area (Å²) < 4.78 is 29.7. The number of nitrogens with zero attached hydrogens (tertiary/aromatic N) is 3. The number of hydrogen-bond acceptors (Lipinski definition) is 4. The molecular formula is C20H16ClF2N5O2. The van der Waals surface area contributed by atoms with Crippen molar-refractivity contribution >= 4 is 39.9 Å². The number of hydrogen-bond donors (Lipinski definition) is 3. The number of alkyl halides is 1. The third-order valence-corrected chi connectivity index (χ3v) is 5.64. The highest BCUT2D eigenvalue weighted by Gasteiger charge is 2.43. The lowest BCUT2D eigenvalue weighted by Gasteiger charge is -2.14. The second-order valence-corrected chi connectivity index (χ2v) is 7.79. The van der Waals surface area contributed by atoms with Crippen molar-refractivity contribution in [2.75, 3.05) is 5.32 Å². The first-order valence-electron chi connectivity index (χ1n) is 9.31. The molecular weight excluding hydrogens is 416 g/mol. The molecule has 3 N–H and O–H groups in total. The van der Waals surface area contributed by atoms with Gasteiger partial charge in [0, 0.05) is 28.3 Å². The molecule has 1 aliphatic rings. The van der Waals surface area contributed by atoms with Gasteiger partial charge in [-0.3, -0.25) is 9.89 Å². The molecule has 1 saturated carbocycles. The molecule has 5 rings (SSSR count). The minimum absolute atomic E-state index is 0.0520. The summed E-state index contributed by atoms with van der Waals surface area (Å²) in [5.41, 5.74) is 1.97. The molecule has 1 fully saturated rings. The summed E-state index contributed by atoms with van der Waals surface area (Å²) in [7, 11) is 0. The van der Waals surface area contributed by atoms with E-state index in [4.69, 9.17) is 11.6 Å². The van der Waals surface area contributed by atoms with Crippen LogP contribution in [0.2, 0.25) is 5.02 Å². The van der Waals surface area contributed by atoms with Gasteiger partial charge in [-0.2, -0.15) is 5.10 Å². The molecule has 30 heavy (non-hydrogen) atoms. The number of benzene rings is 1. The molecule has 1 aromatic carbocycles. The fourth-order valence-electron chi connectivity index (χ4n) is 3.67. The zero-order valence-corrected chi connectivity index (χ0v) is 16.4. The Morgan fingerprint density at radius 2 is 2.20 bits per heavy atom. The molecule has 1 aliphatic carbocycles. The first-order valence-corrected chi connectivity index (χ1v) is 9.69. The topological polar surface area (TPSA) is 95.3 Å². The van der Waals surface area contributed by atoms with Crippen molar-refractivity contribution in [3.63, 3.8) is 0 Å². The molecule has 3 heterocycles. The minimum atomic E-state index is -1.09. The van der Waals surface area contributed by atoms with Gasteiger partial charge >= 0.3 is 0 Å². The smallest absolute Gasteiger partial charge is 0.231 e. The molecule has 1 amide bonds. The third-order valence-electron chi connectivity index (χ3n) is 5.28. The lowest BCUT2D eigenvalue weighted by Crippen LogP contribution is -2.15. The first kappa shape index (κ1) is 19.0. The van der Waals surface area contributed by atoms with Crippen LogP contribution in [0.3, 0.4) is 0 Å². The van der Waals surface area contributed by atoms with Crippen molar-refractivity contribution in [2.24, 2.45) is 5.92 Å². The van der Waals surface area contributed by atoms with Crippen LogP contribution in [0, 0.1) is 11.7 Å². The van der Waals surface area contributed by atoms with Crippen LogP contribution in [-0.2, 0) is 4.79 Å². The van der Waals surface area contributed by atoms with E-state index >= 15 is 0 Å². The number of carbonyl (C=O) groups is 1. The Balaban J connectivity index is 1.59. The van der Waals surface area contributed by atoms with Gasteiger partial charge in [-0.1, -0.05) is 11.6 Å². The van der Waals surface area contributed by atoms with E-state index in [2.05, 4.69) is 20.5 Å². The number of carbonyl (C=O) groups excluding carboxylic acids is 1. The van der Waals surface area contributed by atoms with Crippen molar-refractivity contribution in [1.29, 1.82) is 0 Å². The maximum Gasteiger partial charge on any atom is 0.231 e. The summed E-state index contributed by atoms with van der Waals surface area (Å²) in [6.45, 7) is 1.45. The number of aliphatic hydroxyl groups is 1. The maximum absolute atomic E-state index is 14.9. The SMILES string of the molecule is CC(O)c1c(F)c(Cl)c(-c2ccc3nc(NC(=O)C4CC4F)cn3c2)c2cn[nH]c12. The van der Waals surface area contributed by atoms with Crippen molar-refractivity contribution in [2.45, 2.75) is 25.6 Å². The van der Waals surface area contributed by atoms with Gasteiger partial charge in [0.05, 0.1) is 35.0 Å². The number of aliphatic hydroxyl groups excluding tert-OH is 1. The molecule has 0 spiro atoms. The van der Waals surface area contributed by atoms with Crippen LogP contribution in [-0.4, -0.2) is 36.8 Å². The van der Waals surface area contributed by atoms with Gasteiger partial charge in [0.15, 0.2) is 5.82 Å². The zero-order chi connectivity index (χ0) is 21.2. The Labute approximate surface area is 173 Å². The first-order chi connectivity index (χ1) is 14.3. The Morgan fingerprint density at radius 1 is 1.43 bits per heavy atom. The predicted octanol–water partition coefficient (Wildman–Crippen LogP) is 4.02. The highest BCUT2D eigenvalue weighted by molar-refractivity contribution is 6.35. The second-order valence-electron chi connectivity index (χ2n) is 7.41. The van der Waals surface area contributed by atoms with Crippen molar-refractivity contribution < 1.29 is 18.7 Å². The number of pyridine rings is 1. The number of rotatable bonds is 4. The van der Waals surface area contributed by atoms with E-state index in [0.29, 0.717) is 33.5 Å². The van der Waals surface area contributed by atoms with Crippen LogP contribution in [0.5, 0.6) is 0 Å². The van der Waals surface area contributed by atoms with Crippen LogP contribution in [0.4, 0.5) is 14.6 Å². The van der Waals surface area contributed by atoms with Gasteiger partial charge in [0.2, 0.25) is 5.91 Å². The lowest BCUT2D eigenvalue weighted by atomic mass is 9.97. The monoisotopic (exact) mass is 431 g/mol. The van der Waals surface area contributed by atoms with Crippen molar-refractivity contribution in [1.82, 2.24) is 19.6 Å². The Kier molecular flexibility index (Phi) is 4.26. The average molecular weight is 432 g/mol. The van der Waals surface area contributed by atoms with Crippen molar-refractivity contribution in [3.8, 4) is 11.1 Å². The lowest BCUT2D eigenvalue weighted by molar-refractivity contribution is -0.117. The quantitative estimate of drug-likeness (QED) is 0.455. The van der Waals surface area contributed by atoms with Crippen molar-refractivity contribution in [3.05, 3.63) is 47.1 Å². The number of H-pyrrole nitrogens is 1. The van der Waals surface area contributed by atoms with Crippen LogP contribution in [0.25, 0.3) is 27.7 Å². The number of aromatic nitrogens is 4. The van der Waals surface area contributed by atoms with E-state index in [9.17, 15) is 18.7 Å². The summed E-state index contributed by atoms with van der Waals surface area (Å²) in [4.78, 5) is 16.2. The molecule has 0 bridgehead atoms. The highest BCUT2D eigenvalue weighted by Crippen LogP contribution is 2.41.